The fraction of sp³-hybridized carbons (Fsp3) is 0.500. The lowest BCUT2D eigenvalue weighted by Gasteiger charge is -1.69. The van der Waals surface area contributed by atoms with Crippen LogP contribution in [-0.2, 0) is 0 Å². The van der Waals surface area contributed by atoms with E-state index < -0.39 is 0 Å². The summed E-state index contributed by atoms with van der Waals surface area (Å²) in [7, 11) is 0. The maximum Gasteiger partial charge on any atom is 0.147 e. The Balaban J connectivity index is 2.40. The third-order valence-corrected chi connectivity index (χ3v) is 0.348. The minimum absolute atomic E-state index is 0.476. The highest BCUT2D eigenvalue weighted by molar-refractivity contribution is 4.63. The van der Waals surface area contributed by atoms with Crippen LogP contribution in [0, 0.1) is 0 Å². The van der Waals surface area contributed by atoms with Crippen LogP contribution in [0.5, 0.6) is 0 Å². The lowest BCUT2D eigenvalue weighted by molar-refractivity contribution is 0.303. The van der Waals surface area contributed by atoms with Gasteiger partial charge in [-0.25, -0.2) is 0 Å². The van der Waals surface area contributed by atoms with Gasteiger partial charge in [-0.1, -0.05) is 6.08 Å². The third-order valence-electron chi connectivity index (χ3n) is 0.348. The number of rotatable bonds is 2. The van der Waals surface area contributed by atoms with Crippen molar-refractivity contribution < 1.29 is 5.11 Å². The number of hydrogen-bond acceptors (Lipinski definition) is 0. The van der Waals surface area contributed by atoms with Gasteiger partial charge in [-0.2, -0.15) is 0 Å². The van der Waals surface area contributed by atoms with Crippen molar-refractivity contribution in [2.24, 2.45) is 0 Å². The standard InChI is InChI=1S/C4H8O/c1-2-3-4-5/h2,5H,1,3-4H2/p+1. The van der Waals surface area contributed by atoms with Gasteiger partial charge >= 0.3 is 0 Å². The second-order valence-electron chi connectivity index (χ2n) is 0.827. The van der Waals surface area contributed by atoms with E-state index in [0.717, 1.165) is 6.42 Å². The van der Waals surface area contributed by atoms with Gasteiger partial charge in [0, 0.05) is 6.42 Å². The summed E-state index contributed by atoms with van der Waals surface area (Å²) < 4.78 is 0. The molecule has 2 N–H and O–H groups in total. The van der Waals surface area contributed by atoms with Gasteiger partial charge in [0.25, 0.3) is 0 Å². The molecular formula is C4H9O+. The van der Waals surface area contributed by atoms with Crippen molar-refractivity contribution in [1.82, 2.24) is 0 Å². The average Bonchev–Trinajstić information content (AvgIpc) is 1.41. The molecule has 0 aromatic rings. The fourth-order valence-corrected chi connectivity index (χ4v) is 0.102. The van der Waals surface area contributed by atoms with Crippen LogP contribution in [0.4, 0.5) is 0 Å². The normalized spacial score (nSPS) is 7.40. The number of hydrogen-bond donors (Lipinski definition) is 0. The van der Waals surface area contributed by atoms with Crippen LogP contribution in [0.3, 0.4) is 0 Å². The van der Waals surface area contributed by atoms with Gasteiger partial charge in [-0.05, 0) is 0 Å². The van der Waals surface area contributed by atoms with Gasteiger partial charge in [0.15, 0.2) is 0 Å². The summed E-state index contributed by atoms with van der Waals surface area (Å²) in [5.41, 5.74) is 0. The Morgan fingerprint density at radius 3 is 2.40 bits per heavy atom. The van der Waals surface area contributed by atoms with Crippen molar-refractivity contribution in [3.63, 3.8) is 0 Å². The van der Waals surface area contributed by atoms with Crippen molar-refractivity contribution in [3.05, 3.63) is 12.7 Å². The Bertz CT molecular complexity index is 24.8. The van der Waals surface area contributed by atoms with Crippen LogP contribution >= 0.6 is 0 Å². The van der Waals surface area contributed by atoms with Gasteiger partial charge in [0.05, 0.1) is 0 Å². The first-order chi connectivity index (χ1) is 2.41. The maximum atomic E-state index is 6.53. The summed E-state index contributed by atoms with van der Waals surface area (Å²) in [5.74, 6) is 0. The Hall–Kier alpha value is -0.300. The summed E-state index contributed by atoms with van der Waals surface area (Å²) in [6, 6.07) is 0. The minimum Gasteiger partial charge on any atom is -0.445 e. The quantitative estimate of drug-likeness (QED) is 0.331. The Kier molecular flexibility index (Phi) is 3.48. The molecule has 0 radical (unpaired) electrons. The van der Waals surface area contributed by atoms with Crippen LogP contribution in [0.25, 0.3) is 0 Å². The van der Waals surface area contributed by atoms with E-state index in [1.165, 1.54) is 0 Å². The zero-order chi connectivity index (χ0) is 4.12. The Labute approximate surface area is 31.9 Å². The molecule has 0 atom stereocenters. The van der Waals surface area contributed by atoms with Crippen LogP contribution < -0.4 is 0 Å². The smallest absolute Gasteiger partial charge is 0.147 e. The second kappa shape index (κ2) is 3.70. The summed E-state index contributed by atoms with van der Waals surface area (Å²) in [5, 5.41) is 6.53. The predicted molar refractivity (Wildman–Crippen MR) is 23.3 cm³/mol. The molecule has 0 fully saturated rings. The average molecular weight is 73.1 g/mol. The summed E-state index contributed by atoms with van der Waals surface area (Å²) >= 11 is 0. The Morgan fingerprint density at radius 2 is 2.40 bits per heavy atom. The second-order valence-corrected chi connectivity index (χ2v) is 0.827. The van der Waals surface area contributed by atoms with Gasteiger partial charge in [-0.15, -0.1) is 6.58 Å². The SMILES string of the molecule is C=CCC[OH2+]. The van der Waals surface area contributed by atoms with E-state index in [0.29, 0.717) is 6.61 Å². The summed E-state index contributed by atoms with van der Waals surface area (Å²) in [6.07, 6.45) is 2.56. The van der Waals surface area contributed by atoms with E-state index in [4.69, 9.17) is 5.11 Å². The zero-order valence-corrected chi connectivity index (χ0v) is 3.20. The molecule has 0 aromatic carbocycles. The van der Waals surface area contributed by atoms with Crippen LogP contribution in [0.15, 0.2) is 12.7 Å². The van der Waals surface area contributed by atoms with Crippen molar-refractivity contribution in [3.8, 4) is 0 Å². The van der Waals surface area contributed by atoms with Crippen molar-refractivity contribution in [2.45, 2.75) is 6.42 Å². The fourth-order valence-electron chi connectivity index (χ4n) is 0.102. The lowest BCUT2D eigenvalue weighted by atomic mass is 10.5. The van der Waals surface area contributed by atoms with E-state index in [2.05, 4.69) is 6.58 Å². The highest BCUT2D eigenvalue weighted by Crippen LogP contribution is 1.69. The molecule has 0 bridgehead atoms. The highest BCUT2D eigenvalue weighted by atomic mass is 16.2. The molecule has 0 amide bonds. The minimum atomic E-state index is 0.476. The molecule has 1 heteroatoms. The highest BCUT2D eigenvalue weighted by Gasteiger charge is 1.67. The molecule has 0 saturated carbocycles. The van der Waals surface area contributed by atoms with E-state index in [9.17, 15) is 0 Å². The molecule has 30 valence electrons. The molecule has 0 saturated heterocycles. The molecule has 0 heterocycles. The molecule has 0 aliphatic heterocycles. The van der Waals surface area contributed by atoms with E-state index >= 15 is 0 Å². The summed E-state index contributed by atoms with van der Waals surface area (Å²) in [6.45, 7) is 3.91. The van der Waals surface area contributed by atoms with Crippen LogP contribution in [-0.4, -0.2) is 11.7 Å². The molecular weight excluding hydrogens is 64.0 g/mol. The lowest BCUT2D eigenvalue weighted by Crippen LogP contribution is -1.71. The third kappa shape index (κ3) is 3.70. The Morgan fingerprint density at radius 1 is 1.80 bits per heavy atom. The van der Waals surface area contributed by atoms with Gasteiger partial charge in [0.1, 0.15) is 6.61 Å². The first-order valence-corrected chi connectivity index (χ1v) is 1.67. The van der Waals surface area contributed by atoms with Gasteiger partial charge in [-0.3, -0.25) is 0 Å². The largest absolute Gasteiger partial charge is 0.445 e. The summed E-state index contributed by atoms with van der Waals surface area (Å²) in [4.78, 5) is 0. The zero-order valence-electron chi connectivity index (χ0n) is 3.20. The van der Waals surface area contributed by atoms with Crippen molar-refractivity contribution in [1.29, 1.82) is 0 Å². The molecule has 0 rings (SSSR count). The molecule has 0 aromatic heterocycles. The van der Waals surface area contributed by atoms with E-state index in [-0.39, 0.29) is 0 Å². The van der Waals surface area contributed by atoms with Crippen LogP contribution in [0.2, 0.25) is 0 Å². The van der Waals surface area contributed by atoms with Crippen LogP contribution in [0.1, 0.15) is 6.42 Å². The predicted octanol–water partition coefficient (Wildman–Crippen LogP) is 0.287. The first kappa shape index (κ1) is 4.70. The van der Waals surface area contributed by atoms with Crippen molar-refractivity contribution in [2.75, 3.05) is 6.61 Å². The van der Waals surface area contributed by atoms with E-state index in [1.54, 1.807) is 6.08 Å². The molecule has 0 spiro atoms. The van der Waals surface area contributed by atoms with Gasteiger partial charge in [0.2, 0.25) is 0 Å². The topological polar surface area (TPSA) is 22.9 Å². The molecule has 1 nitrogen and oxygen atoms in total. The van der Waals surface area contributed by atoms with Gasteiger partial charge < -0.3 is 5.11 Å². The molecule has 5 heavy (non-hydrogen) atoms. The maximum absolute atomic E-state index is 6.53. The monoisotopic (exact) mass is 73.1 g/mol. The molecule has 0 aliphatic carbocycles. The van der Waals surface area contributed by atoms with Crippen molar-refractivity contribution >= 4 is 0 Å². The van der Waals surface area contributed by atoms with E-state index in [1.807, 2.05) is 0 Å². The molecule has 0 aliphatic rings. The first-order valence-electron chi connectivity index (χ1n) is 1.67. The molecule has 0 unspecified atom stereocenters.